The van der Waals surface area contributed by atoms with Gasteiger partial charge in [-0.15, -0.1) is 10.2 Å². The first-order valence-corrected chi connectivity index (χ1v) is 11.2. The average molecular weight is 431 g/mol. The van der Waals surface area contributed by atoms with Gasteiger partial charge in [-0.3, -0.25) is 4.79 Å². The van der Waals surface area contributed by atoms with Crippen LogP contribution in [0.4, 0.5) is 5.82 Å². The number of piperazine rings is 1. The summed E-state index contributed by atoms with van der Waals surface area (Å²) >= 11 is 0. The maximum atomic E-state index is 12.6. The summed E-state index contributed by atoms with van der Waals surface area (Å²) in [6.45, 7) is 9.13. The van der Waals surface area contributed by atoms with Gasteiger partial charge >= 0.3 is 0 Å². The largest absolute Gasteiger partial charge is 0.483 e. The maximum absolute atomic E-state index is 12.6. The second kappa shape index (κ2) is 9.81. The van der Waals surface area contributed by atoms with E-state index in [1.54, 1.807) is 0 Å². The molecule has 6 nitrogen and oxygen atoms in total. The summed E-state index contributed by atoms with van der Waals surface area (Å²) in [7, 11) is 0. The number of aryl methyl sites for hydroxylation is 3. The highest BCUT2D eigenvalue weighted by molar-refractivity contribution is 5.78. The lowest BCUT2D eigenvalue weighted by Gasteiger charge is -2.35. The molecule has 0 spiro atoms. The van der Waals surface area contributed by atoms with Crippen molar-refractivity contribution >= 4 is 11.7 Å². The Morgan fingerprint density at radius 1 is 0.938 bits per heavy atom. The number of para-hydroxylation sites is 1. The quantitative estimate of drug-likeness (QED) is 0.591. The Balaban J connectivity index is 1.31. The Hall–Kier alpha value is -3.41. The van der Waals surface area contributed by atoms with E-state index in [1.807, 2.05) is 41.3 Å². The predicted octanol–water partition coefficient (Wildman–Crippen LogP) is 4.05. The zero-order valence-electron chi connectivity index (χ0n) is 19.0. The van der Waals surface area contributed by atoms with Crippen LogP contribution in [-0.4, -0.2) is 53.8 Å². The zero-order valence-corrected chi connectivity index (χ0v) is 19.0. The molecule has 0 unspecified atom stereocenters. The molecule has 4 rings (SSSR count). The topological polar surface area (TPSA) is 58.6 Å². The number of benzene rings is 2. The highest BCUT2D eigenvalue weighted by atomic mass is 16.5. The second-order valence-electron chi connectivity index (χ2n) is 8.19. The lowest BCUT2D eigenvalue weighted by atomic mass is 10.0. The molecule has 1 aliphatic heterocycles. The Morgan fingerprint density at radius 2 is 1.72 bits per heavy atom. The van der Waals surface area contributed by atoms with E-state index in [1.165, 1.54) is 11.1 Å². The molecule has 166 valence electrons. The van der Waals surface area contributed by atoms with Gasteiger partial charge in [-0.25, -0.2) is 0 Å². The molecule has 32 heavy (non-hydrogen) atoms. The van der Waals surface area contributed by atoms with Gasteiger partial charge in [0.05, 0.1) is 5.69 Å². The van der Waals surface area contributed by atoms with Crippen molar-refractivity contribution in [2.45, 2.75) is 27.2 Å². The fourth-order valence-corrected chi connectivity index (χ4v) is 3.90. The number of anilines is 1. The van der Waals surface area contributed by atoms with E-state index in [0.29, 0.717) is 13.1 Å². The molecule has 2 aromatic carbocycles. The third kappa shape index (κ3) is 4.90. The van der Waals surface area contributed by atoms with Gasteiger partial charge < -0.3 is 14.5 Å². The molecule has 0 N–H and O–H groups in total. The van der Waals surface area contributed by atoms with Gasteiger partial charge in [0, 0.05) is 31.7 Å². The van der Waals surface area contributed by atoms with Crippen molar-refractivity contribution < 1.29 is 9.53 Å². The van der Waals surface area contributed by atoms with Crippen LogP contribution in [0.5, 0.6) is 5.75 Å². The van der Waals surface area contributed by atoms with Gasteiger partial charge in [0.2, 0.25) is 0 Å². The number of aromatic nitrogens is 2. The van der Waals surface area contributed by atoms with Gasteiger partial charge in [-0.05, 0) is 61.2 Å². The van der Waals surface area contributed by atoms with Gasteiger partial charge in [0.15, 0.2) is 12.4 Å². The van der Waals surface area contributed by atoms with Crippen LogP contribution in [0.25, 0.3) is 11.3 Å². The first-order chi connectivity index (χ1) is 15.5. The van der Waals surface area contributed by atoms with Crippen molar-refractivity contribution in [3.05, 3.63) is 71.3 Å². The van der Waals surface area contributed by atoms with Crippen molar-refractivity contribution in [3.63, 3.8) is 0 Å². The highest BCUT2D eigenvalue weighted by Gasteiger charge is 2.22. The summed E-state index contributed by atoms with van der Waals surface area (Å²) in [6.07, 6.45) is 0.881. The van der Waals surface area contributed by atoms with Gasteiger partial charge in [0.25, 0.3) is 5.91 Å². The van der Waals surface area contributed by atoms with E-state index >= 15 is 0 Å². The highest BCUT2D eigenvalue weighted by Crippen LogP contribution is 2.22. The minimum absolute atomic E-state index is 0.0201. The SMILES string of the molecule is CCc1ccccc1OCC(=O)N1CCN(c2ccc(-c3ccc(C)c(C)c3)nn2)CC1. The molecule has 0 radical (unpaired) electrons. The number of hydrogen-bond donors (Lipinski definition) is 0. The molecule has 1 saturated heterocycles. The first kappa shape index (κ1) is 21.8. The number of carbonyl (C=O) groups is 1. The molecule has 1 amide bonds. The standard InChI is InChI=1S/C26H30N4O2/c1-4-21-7-5-6-8-24(21)32-18-26(31)30-15-13-29(14-16-30)25-12-11-23(27-28-25)22-10-9-19(2)20(3)17-22/h5-12,17H,4,13-16,18H2,1-3H3. The van der Waals surface area contributed by atoms with Gasteiger partial charge in [0.1, 0.15) is 5.75 Å². The monoisotopic (exact) mass is 430 g/mol. The summed E-state index contributed by atoms with van der Waals surface area (Å²) in [5, 5.41) is 8.88. The normalized spacial score (nSPS) is 13.8. The fourth-order valence-electron chi connectivity index (χ4n) is 3.90. The van der Waals surface area contributed by atoms with Crippen molar-refractivity contribution in [1.29, 1.82) is 0 Å². The Labute approximate surface area is 189 Å². The maximum Gasteiger partial charge on any atom is 0.260 e. The van der Waals surface area contributed by atoms with E-state index in [0.717, 1.165) is 47.9 Å². The molecule has 1 aromatic heterocycles. The molecule has 1 fully saturated rings. The van der Waals surface area contributed by atoms with Gasteiger partial charge in [-0.2, -0.15) is 0 Å². The number of nitrogens with zero attached hydrogens (tertiary/aromatic N) is 4. The van der Waals surface area contributed by atoms with E-state index in [4.69, 9.17) is 4.74 Å². The smallest absolute Gasteiger partial charge is 0.260 e. The summed E-state index contributed by atoms with van der Waals surface area (Å²) < 4.78 is 5.80. The Bertz CT molecular complexity index is 1070. The minimum Gasteiger partial charge on any atom is -0.483 e. The number of amides is 1. The van der Waals surface area contributed by atoms with Gasteiger partial charge in [-0.1, -0.05) is 37.3 Å². The second-order valence-corrected chi connectivity index (χ2v) is 8.19. The summed E-state index contributed by atoms with van der Waals surface area (Å²) in [5.41, 5.74) is 5.58. The Morgan fingerprint density at radius 3 is 2.41 bits per heavy atom. The molecular weight excluding hydrogens is 400 g/mol. The van der Waals surface area contributed by atoms with Crippen LogP contribution >= 0.6 is 0 Å². The zero-order chi connectivity index (χ0) is 22.5. The van der Waals surface area contributed by atoms with Crippen LogP contribution in [0.3, 0.4) is 0 Å². The van der Waals surface area contributed by atoms with Crippen LogP contribution < -0.4 is 9.64 Å². The molecule has 3 aromatic rings. The summed E-state index contributed by atoms with van der Waals surface area (Å²) in [6, 6.07) is 18.2. The molecule has 2 heterocycles. The Kier molecular flexibility index (Phi) is 6.69. The molecule has 0 atom stereocenters. The van der Waals surface area contributed by atoms with Crippen LogP contribution in [-0.2, 0) is 11.2 Å². The van der Waals surface area contributed by atoms with E-state index in [-0.39, 0.29) is 12.5 Å². The lowest BCUT2D eigenvalue weighted by molar-refractivity contribution is -0.133. The third-order valence-corrected chi connectivity index (χ3v) is 6.11. The molecule has 1 aliphatic rings. The van der Waals surface area contributed by atoms with Crippen LogP contribution in [0.2, 0.25) is 0 Å². The lowest BCUT2D eigenvalue weighted by Crippen LogP contribution is -2.50. The summed E-state index contributed by atoms with van der Waals surface area (Å²) in [4.78, 5) is 16.7. The van der Waals surface area contributed by atoms with Crippen molar-refractivity contribution in [2.24, 2.45) is 0 Å². The number of hydrogen-bond acceptors (Lipinski definition) is 5. The molecule has 0 saturated carbocycles. The fraction of sp³-hybridized carbons (Fsp3) is 0.346. The molecule has 6 heteroatoms. The molecule has 0 bridgehead atoms. The number of carbonyl (C=O) groups excluding carboxylic acids is 1. The van der Waals surface area contributed by atoms with Crippen molar-refractivity contribution in [3.8, 4) is 17.0 Å². The molecular formula is C26H30N4O2. The first-order valence-electron chi connectivity index (χ1n) is 11.2. The van der Waals surface area contributed by atoms with Crippen molar-refractivity contribution in [1.82, 2.24) is 15.1 Å². The van der Waals surface area contributed by atoms with Crippen LogP contribution in [0.1, 0.15) is 23.6 Å². The summed E-state index contributed by atoms with van der Waals surface area (Å²) in [5.74, 6) is 1.66. The van der Waals surface area contributed by atoms with E-state index < -0.39 is 0 Å². The van der Waals surface area contributed by atoms with Crippen molar-refractivity contribution in [2.75, 3.05) is 37.7 Å². The molecule has 0 aliphatic carbocycles. The van der Waals surface area contributed by atoms with Crippen LogP contribution in [0.15, 0.2) is 54.6 Å². The number of ether oxygens (including phenoxy) is 1. The average Bonchev–Trinajstić information content (AvgIpc) is 2.84. The van der Waals surface area contributed by atoms with E-state index in [2.05, 4.69) is 54.1 Å². The van der Waals surface area contributed by atoms with Crippen LogP contribution in [0, 0.1) is 13.8 Å². The van der Waals surface area contributed by atoms with E-state index in [9.17, 15) is 4.79 Å². The predicted molar refractivity (Wildman–Crippen MR) is 127 cm³/mol. The number of rotatable bonds is 6. The third-order valence-electron chi connectivity index (χ3n) is 6.11. The minimum atomic E-state index is 0.0201.